The number of hydrogen-bond donors (Lipinski definition) is 0. The molecule has 0 radical (unpaired) electrons. The average molecular weight is 445 g/mol. The van der Waals surface area contributed by atoms with Gasteiger partial charge in [-0.1, -0.05) is 11.6 Å². The molecule has 0 spiro atoms. The molecule has 31 heavy (non-hydrogen) atoms. The standard InChI is InChI=1S/C23H25ClN2O5/c1-6-26-18-9-8-15(23(27)31-7-2)13-17(18)25-22(26)16(24)10-14-11-19(28-3)21(30-5)20(12-14)29-4/h8-13H,6-7H2,1-5H3/b16-10-. The van der Waals surface area contributed by atoms with Crippen molar-refractivity contribution >= 4 is 39.7 Å². The van der Waals surface area contributed by atoms with Gasteiger partial charge in [0.25, 0.3) is 0 Å². The molecule has 0 aliphatic heterocycles. The molecular formula is C23H25ClN2O5. The van der Waals surface area contributed by atoms with E-state index in [2.05, 4.69) is 4.98 Å². The van der Waals surface area contributed by atoms with Gasteiger partial charge in [-0.25, -0.2) is 9.78 Å². The van der Waals surface area contributed by atoms with Gasteiger partial charge in [0.05, 0.1) is 49.6 Å². The lowest BCUT2D eigenvalue weighted by atomic mass is 10.1. The molecule has 0 N–H and O–H groups in total. The number of ether oxygens (including phenoxy) is 4. The van der Waals surface area contributed by atoms with Crippen LogP contribution in [0.3, 0.4) is 0 Å². The van der Waals surface area contributed by atoms with Crippen LogP contribution in [0, 0.1) is 0 Å². The molecule has 0 saturated heterocycles. The van der Waals surface area contributed by atoms with Crippen molar-refractivity contribution in [1.29, 1.82) is 0 Å². The molecule has 7 nitrogen and oxygen atoms in total. The van der Waals surface area contributed by atoms with Crippen LogP contribution in [-0.4, -0.2) is 43.5 Å². The number of benzene rings is 2. The molecule has 0 aliphatic carbocycles. The number of carbonyl (C=O) groups is 1. The molecule has 3 aromatic rings. The van der Waals surface area contributed by atoms with Crippen LogP contribution in [0.25, 0.3) is 22.1 Å². The van der Waals surface area contributed by atoms with Crippen LogP contribution in [0.5, 0.6) is 17.2 Å². The first-order chi connectivity index (χ1) is 15.0. The number of imidazole rings is 1. The number of hydrogen-bond acceptors (Lipinski definition) is 6. The first-order valence-electron chi connectivity index (χ1n) is 9.82. The van der Waals surface area contributed by atoms with Crippen LogP contribution in [0.15, 0.2) is 30.3 Å². The number of aryl methyl sites for hydroxylation is 1. The predicted molar refractivity (Wildman–Crippen MR) is 121 cm³/mol. The van der Waals surface area contributed by atoms with E-state index in [1.807, 2.05) is 29.7 Å². The lowest BCUT2D eigenvalue weighted by Crippen LogP contribution is -2.04. The second kappa shape index (κ2) is 9.75. The Bertz CT molecular complexity index is 1110. The van der Waals surface area contributed by atoms with Gasteiger partial charge >= 0.3 is 5.97 Å². The largest absolute Gasteiger partial charge is 0.493 e. The van der Waals surface area contributed by atoms with Crippen LogP contribution in [0.4, 0.5) is 0 Å². The Kier molecular flexibility index (Phi) is 7.07. The molecule has 0 unspecified atom stereocenters. The SMILES string of the molecule is CCOC(=O)c1ccc2c(c1)nc(/C(Cl)=C/c1cc(OC)c(OC)c(OC)c1)n2CC. The van der Waals surface area contributed by atoms with Crippen LogP contribution in [0.1, 0.15) is 35.6 Å². The fourth-order valence-electron chi connectivity index (χ4n) is 3.37. The summed E-state index contributed by atoms with van der Waals surface area (Å²) in [4.78, 5) is 16.7. The monoisotopic (exact) mass is 444 g/mol. The van der Waals surface area contributed by atoms with E-state index < -0.39 is 0 Å². The maximum absolute atomic E-state index is 12.1. The summed E-state index contributed by atoms with van der Waals surface area (Å²) in [5.41, 5.74) is 2.76. The molecule has 0 aliphatic rings. The molecule has 0 bridgehead atoms. The van der Waals surface area contributed by atoms with Crippen molar-refractivity contribution in [3.05, 3.63) is 47.3 Å². The number of esters is 1. The highest BCUT2D eigenvalue weighted by molar-refractivity contribution is 6.51. The smallest absolute Gasteiger partial charge is 0.338 e. The summed E-state index contributed by atoms with van der Waals surface area (Å²) >= 11 is 6.69. The van der Waals surface area contributed by atoms with E-state index in [0.29, 0.717) is 52.3 Å². The van der Waals surface area contributed by atoms with Crippen molar-refractivity contribution in [2.24, 2.45) is 0 Å². The molecule has 3 rings (SSSR count). The van der Waals surface area contributed by atoms with E-state index in [1.54, 1.807) is 46.5 Å². The second-order valence-corrected chi connectivity index (χ2v) is 6.96. The average Bonchev–Trinajstić information content (AvgIpc) is 3.16. The lowest BCUT2D eigenvalue weighted by Gasteiger charge is -2.13. The second-order valence-electron chi connectivity index (χ2n) is 6.55. The van der Waals surface area contributed by atoms with E-state index >= 15 is 0 Å². The number of aromatic nitrogens is 2. The molecule has 164 valence electrons. The van der Waals surface area contributed by atoms with Crippen LogP contribution < -0.4 is 14.2 Å². The topological polar surface area (TPSA) is 71.8 Å². The Balaban J connectivity index is 2.08. The summed E-state index contributed by atoms with van der Waals surface area (Å²) in [5.74, 6) is 1.77. The third kappa shape index (κ3) is 4.46. The van der Waals surface area contributed by atoms with Crippen LogP contribution >= 0.6 is 11.6 Å². The number of halogens is 1. The van der Waals surface area contributed by atoms with Crippen LogP contribution in [-0.2, 0) is 11.3 Å². The summed E-state index contributed by atoms with van der Waals surface area (Å²) in [5, 5.41) is 0.435. The Labute approximate surface area is 186 Å². The van der Waals surface area contributed by atoms with Crippen LogP contribution in [0.2, 0.25) is 0 Å². The molecule has 8 heteroatoms. The van der Waals surface area contributed by atoms with Crippen molar-refractivity contribution in [1.82, 2.24) is 9.55 Å². The summed E-state index contributed by atoms with van der Waals surface area (Å²) in [6.07, 6.45) is 1.78. The van der Waals surface area contributed by atoms with Gasteiger partial charge in [0.1, 0.15) is 0 Å². The van der Waals surface area contributed by atoms with Crippen molar-refractivity contribution in [3.8, 4) is 17.2 Å². The fraction of sp³-hybridized carbons (Fsp3) is 0.304. The molecule has 1 aromatic heterocycles. The van der Waals surface area contributed by atoms with Gasteiger partial charge in [0.2, 0.25) is 5.75 Å². The van der Waals surface area contributed by atoms with E-state index in [4.69, 9.17) is 30.5 Å². The normalized spacial score (nSPS) is 11.5. The number of nitrogens with zero attached hydrogens (tertiary/aromatic N) is 2. The number of carbonyl (C=O) groups excluding carboxylic acids is 1. The highest BCUT2D eigenvalue weighted by Gasteiger charge is 2.17. The Morgan fingerprint density at radius 3 is 2.29 bits per heavy atom. The van der Waals surface area contributed by atoms with E-state index in [0.717, 1.165) is 11.1 Å². The summed E-state index contributed by atoms with van der Waals surface area (Å²) < 4.78 is 23.3. The lowest BCUT2D eigenvalue weighted by molar-refractivity contribution is 0.0526. The number of rotatable bonds is 8. The highest BCUT2D eigenvalue weighted by Crippen LogP contribution is 2.39. The maximum atomic E-state index is 12.1. The van der Waals surface area contributed by atoms with Gasteiger partial charge in [0, 0.05) is 6.54 Å². The molecule has 0 saturated carbocycles. The van der Waals surface area contributed by atoms with Crippen molar-refractivity contribution in [3.63, 3.8) is 0 Å². The molecule has 2 aromatic carbocycles. The van der Waals surface area contributed by atoms with Gasteiger partial charge in [-0.2, -0.15) is 0 Å². The zero-order valence-corrected chi connectivity index (χ0v) is 18.9. The van der Waals surface area contributed by atoms with E-state index in [1.165, 1.54) is 0 Å². The quantitative estimate of drug-likeness (QED) is 0.455. The molecule has 0 amide bonds. The summed E-state index contributed by atoms with van der Waals surface area (Å²) in [6, 6.07) is 8.91. The Morgan fingerprint density at radius 2 is 1.74 bits per heavy atom. The van der Waals surface area contributed by atoms with Crippen molar-refractivity contribution in [2.45, 2.75) is 20.4 Å². The highest BCUT2D eigenvalue weighted by atomic mass is 35.5. The van der Waals surface area contributed by atoms with Gasteiger partial charge in [0.15, 0.2) is 17.3 Å². The van der Waals surface area contributed by atoms with E-state index in [9.17, 15) is 4.79 Å². The van der Waals surface area contributed by atoms with Gasteiger partial charge in [-0.15, -0.1) is 0 Å². The molecular weight excluding hydrogens is 420 g/mol. The maximum Gasteiger partial charge on any atom is 0.338 e. The fourth-order valence-corrected chi connectivity index (χ4v) is 3.64. The van der Waals surface area contributed by atoms with E-state index in [-0.39, 0.29) is 5.97 Å². The summed E-state index contributed by atoms with van der Waals surface area (Å²) in [7, 11) is 4.67. The third-order valence-electron chi connectivity index (χ3n) is 4.77. The van der Waals surface area contributed by atoms with Crippen molar-refractivity contribution in [2.75, 3.05) is 27.9 Å². The Hall–Kier alpha value is -3.19. The minimum atomic E-state index is -0.379. The minimum Gasteiger partial charge on any atom is -0.493 e. The zero-order valence-electron chi connectivity index (χ0n) is 18.2. The van der Waals surface area contributed by atoms with Crippen molar-refractivity contribution < 1.29 is 23.7 Å². The van der Waals surface area contributed by atoms with Gasteiger partial charge in [-0.05, 0) is 55.8 Å². The van der Waals surface area contributed by atoms with Gasteiger partial charge in [-0.3, -0.25) is 0 Å². The first-order valence-corrected chi connectivity index (χ1v) is 10.2. The predicted octanol–water partition coefficient (Wildman–Crippen LogP) is 5.00. The Morgan fingerprint density at radius 1 is 1.06 bits per heavy atom. The first kappa shape index (κ1) is 22.5. The summed E-state index contributed by atoms with van der Waals surface area (Å²) in [6.45, 7) is 4.75. The minimum absolute atomic E-state index is 0.314. The third-order valence-corrected chi connectivity index (χ3v) is 5.05. The zero-order chi connectivity index (χ0) is 22.5. The van der Waals surface area contributed by atoms with Gasteiger partial charge < -0.3 is 23.5 Å². The number of methoxy groups -OCH3 is 3. The molecule has 1 heterocycles. The number of fused-ring (bicyclic) bond motifs is 1. The molecule has 0 atom stereocenters. The molecule has 0 fully saturated rings.